The van der Waals surface area contributed by atoms with Gasteiger partial charge in [0.25, 0.3) is 0 Å². The number of fused-ring (bicyclic) bond motifs is 1. The molecule has 8 heteroatoms. The molecule has 3 rings (SSSR count). The zero-order chi connectivity index (χ0) is 18.5. The van der Waals surface area contributed by atoms with Crippen molar-refractivity contribution in [3.63, 3.8) is 0 Å². The molecule has 0 spiro atoms. The molecule has 2 aromatic rings. The first kappa shape index (κ1) is 18.2. The van der Waals surface area contributed by atoms with Crippen molar-refractivity contribution in [1.82, 2.24) is 10.6 Å². The molecule has 0 aromatic heterocycles. The molecule has 1 aliphatic heterocycles. The van der Waals surface area contributed by atoms with Crippen molar-refractivity contribution >= 4 is 45.9 Å². The van der Waals surface area contributed by atoms with E-state index in [1.807, 2.05) is 42.5 Å². The Bertz CT molecular complexity index is 835. The third-order valence-corrected chi connectivity index (χ3v) is 5.02. The van der Waals surface area contributed by atoms with Gasteiger partial charge in [0.2, 0.25) is 17.7 Å². The summed E-state index contributed by atoms with van der Waals surface area (Å²) in [6, 6.07) is 13.2. The monoisotopic (exact) mass is 372 g/mol. The number of benzene rings is 2. The normalized spacial score (nSPS) is 19.8. The Labute approximate surface area is 155 Å². The van der Waals surface area contributed by atoms with E-state index in [2.05, 4.69) is 16.0 Å². The van der Waals surface area contributed by atoms with Crippen LogP contribution in [-0.2, 0) is 14.4 Å². The zero-order valence-corrected chi connectivity index (χ0v) is 14.8. The summed E-state index contributed by atoms with van der Waals surface area (Å²) in [4.78, 5) is 35.1. The summed E-state index contributed by atoms with van der Waals surface area (Å²) in [7, 11) is 0. The van der Waals surface area contributed by atoms with Gasteiger partial charge < -0.3 is 16.4 Å². The lowest BCUT2D eigenvalue weighted by atomic mass is 10.1. The second kappa shape index (κ2) is 8.20. The Morgan fingerprint density at radius 3 is 2.77 bits per heavy atom. The van der Waals surface area contributed by atoms with Gasteiger partial charge in [-0.2, -0.15) is 0 Å². The molecular weight excluding hydrogens is 352 g/mol. The van der Waals surface area contributed by atoms with Crippen molar-refractivity contribution in [2.75, 3.05) is 11.1 Å². The molecule has 0 saturated carbocycles. The molecule has 2 unspecified atom stereocenters. The van der Waals surface area contributed by atoms with Crippen LogP contribution in [0.4, 0.5) is 5.69 Å². The van der Waals surface area contributed by atoms with Crippen LogP contribution in [0.25, 0.3) is 10.8 Å². The highest BCUT2D eigenvalue weighted by Gasteiger charge is 2.27. The van der Waals surface area contributed by atoms with Gasteiger partial charge in [-0.3, -0.25) is 19.7 Å². The Morgan fingerprint density at radius 1 is 1.19 bits per heavy atom. The van der Waals surface area contributed by atoms with Gasteiger partial charge in [-0.1, -0.05) is 36.4 Å². The molecule has 136 valence electrons. The van der Waals surface area contributed by atoms with Gasteiger partial charge >= 0.3 is 0 Å². The van der Waals surface area contributed by atoms with E-state index in [1.54, 1.807) is 0 Å². The molecular formula is C18H20N4O3S. The van der Waals surface area contributed by atoms with Crippen LogP contribution < -0.4 is 21.7 Å². The molecule has 26 heavy (non-hydrogen) atoms. The van der Waals surface area contributed by atoms with Crippen LogP contribution in [0, 0.1) is 0 Å². The predicted molar refractivity (Wildman–Crippen MR) is 102 cm³/mol. The van der Waals surface area contributed by atoms with Crippen LogP contribution >= 0.6 is 11.8 Å². The smallest absolute Gasteiger partial charge is 0.234 e. The summed E-state index contributed by atoms with van der Waals surface area (Å²) in [5.41, 5.74) is 5.51. The molecule has 7 nitrogen and oxygen atoms in total. The first-order chi connectivity index (χ1) is 12.5. The van der Waals surface area contributed by atoms with Gasteiger partial charge in [0.1, 0.15) is 5.50 Å². The number of hydrogen-bond donors (Lipinski definition) is 4. The number of nitrogens with one attached hydrogen (secondary N) is 3. The highest BCUT2D eigenvalue weighted by Crippen LogP contribution is 2.23. The molecule has 2 atom stereocenters. The van der Waals surface area contributed by atoms with Crippen molar-refractivity contribution in [3.05, 3.63) is 42.5 Å². The van der Waals surface area contributed by atoms with Gasteiger partial charge in [0, 0.05) is 30.0 Å². The lowest BCUT2D eigenvalue weighted by molar-refractivity contribution is -0.124. The van der Waals surface area contributed by atoms with E-state index >= 15 is 0 Å². The second-order valence-corrected chi connectivity index (χ2v) is 7.17. The number of primary amides is 1. The average molecular weight is 372 g/mol. The summed E-state index contributed by atoms with van der Waals surface area (Å²) < 4.78 is 0. The van der Waals surface area contributed by atoms with E-state index in [9.17, 15) is 14.4 Å². The number of thioether (sulfide) groups is 1. The Morgan fingerprint density at radius 2 is 1.96 bits per heavy atom. The Balaban J connectivity index is 1.56. The number of anilines is 1. The van der Waals surface area contributed by atoms with Crippen molar-refractivity contribution in [1.29, 1.82) is 0 Å². The summed E-state index contributed by atoms with van der Waals surface area (Å²) >= 11 is 1.26. The lowest BCUT2D eigenvalue weighted by Gasteiger charge is -2.30. The minimum atomic E-state index is -0.463. The maximum absolute atomic E-state index is 12.3. The van der Waals surface area contributed by atoms with E-state index in [0.29, 0.717) is 0 Å². The van der Waals surface area contributed by atoms with E-state index in [4.69, 9.17) is 5.73 Å². The SMILES string of the molecule is NC(=O)CC1CC(=O)NC(SCC(=O)Nc2cccc3ccccc23)N1. The largest absolute Gasteiger partial charge is 0.370 e. The molecule has 1 aliphatic rings. The third kappa shape index (κ3) is 4.74. The molecule has 0 bridgehead atoms. The van der Waals surface area contributed by atoms with Gasteiger partial charge in [-0.05, 0) is 11.5 Å². The second-order valence-electron chi connectivity index (χ2n) is 6.07. The highest BCUT2D eigenvalue weighted by atomic mass is 32.2. The molecule has 0 aliphatic carbocycles. The van der Waals surface area contributed by atoms with Crippen molar-refractivity contribution in [3.8, 4) is 0 Å². The number of carbonyl (C=O) groups excluding carboxylic acids is 3. The van der Waals surface area contributed by atoms with Crippen LogP contribution in [-0.4, -0.2) is 35.0 Å². The topological polar surface area (TPSA) is 113 Å². The Hall–Kier alpha value is -2.58. The minimum Gasteiger partial charge on any atom is -0.370 e. The summed E-state index contributed by atoms with van der Waals surface area (Å²) in [5.74, 6) is -0.638. The first-order valence-electron chi connectivity index (χ1n) is 8.24. The number of amides is 3. The summed E-state index contributed by atoms with van der Waals surface area (Å²) in [5, 5.41) is 10.8. The average Bonchev–Trinajstić information content (AvgIpc) is 2.59. The van der Waals surface area contributed by atoms with Gasteiger partial charge in [0.15, 0.2) is 0 Å². The van der Waals surface area contributed by atoms with Gasteiger partial charge in [0.05, 0.1) is 5.75 Å². The molecule has 1 fully saturated rings. The number of nitrogens with two attached hydrogens (primary N) is 1. The highest BCUT2D eigenvalue weighted by molar-refractivity contribution is 8.00. The third-order valence-electron chi connectivity index (χ3n) is 4.00. The minimum absolute atomic E-state index is 0.0900. The molecule has 1 heterocycles. The molecule has 3 amide bonds. The summed E-state index contributed by atoms with van der Waals surface area (Å²) in [6.07, 6.45) is 0.287. The van der Waals surface area contributed by atoms with E-state index in [1.165, 1.54) is 11.8 Å². The van der Waals surface area contributed by atoms with Crippen LogP contribution in [0.2, 0.25) is 0 Å². The number of rotatable bonds is 6. The molecule has 2 aromatic carbocycles. The van der Waals surface area contributed by atoms with E-state index in [0.717, 1.165) is 16.5 Å². The van der Waals surface area contributed by atoms with E-state index in [-0.39, 0.29) is 36.5 Å². The van der Waals surface area contributed by atoms with Crippen LogP contribution in [0.1, 0.15) is 12.8 Å². The maximum Gasteiger partial charge on any atom is 0.234 e. The van der Waals surface area contributed by atoms with Crippen molar-refractivity contribution in [2.45, 2.75) is 24.4 Å². The summed E-state index contributed by atoms with van der Waals surface area (Å²) in [6.45, 7) is 0. The fourth-order valence-corrected chi connectivity index (χ4v) is 3.78. The molecule has 0 radical (unpaired) electrons. The van der Waals surface area contributed by atoms with Crippen molar-refractivity contribution in [2.24, 2.45) is 5.73 Å². The van der Waals surface area contributed by atoms with Gasteiger partial charge in [-0.15, -0.1) is 11.8 Å². The number of carbonyl (C=O) groups is 3. The quantitative estimate of drug-likeness (QED) is 0.607. The van der Waals surface area contributed by atoms with E-state index < -0.39 is 11.4 Å². The van der Waals surface area contributed by atoms with Crippen LogP contribution in [0.15, 0.2) is 42.5 Å². The Kier molecular flexibility index (Phi) is 5.75. The first-order valence-corrected chi connectivity index (χ1v) is 9.29. The van der Waals surface area contributed by atoms with Crippen LogP contribution in [0.3, 0.4) is 0 Å². The van der Waals surface area contributed by atoms with Crippen LogP contribution in [0.5, 0.6) is 0 Å². The standard InChI is InChI=1S/C18H20N4O3S/c19-15(23)8-12-9-16(24)22-18(20-12)26-10-17(25)21-14-7-3-5-11-4-1-2-6-13(11)14/h1-7,12,18,20H,8-10H2,(H2,19,23)(H,21,25)(H,22,24). The lowest BCUT2D eigenvalue weighted by Crippen LogP contribution is -2.55. The van der Waals surface area contributed by atoms with Crippen molar-refractivity contribution < 1.29 is 14.4 Å². The molecule has 1 saturated heterocycles. The van der Waals surface area contributed by atoms with Gasteiger partial charge in [-0.25, -0.2) is 0 Å². The fourth-order valence-electron chi connectivity index (χ4n) is 2.89. The zero-order valence-electron chi connectivity index (χ0n) is 14.0. The number of hydrogen-bond acceptors (Lipinski definition) is 5. The molecule has 5 N–H and O–H groups in total. The predicted octanol–water partition coefficient (Wildman–Crippen LogP) is 1.15. The fraction of sp³-hybridized carbons (Fsp3) is 0.278. The maximum atomic E-state index is 12.3.